The Bertz CT molecular complexity index is 1150. The predicted molar refractivity (Wildman–Crippen MR) is 117 cm³/mol. The lowest BCUT2D eigenvalue weighted by molar-refractivity contribution is 0.0694. The summed E-state index contributed by atoms with van der Waals surface area (Å²) < 4.78 is 8.35. The molecule has 30 heavy (non-hydrogen) atoms. The number of ether oxygens (including phenoxy) is 1. The SMILES string of the molecule is O=C(NC1CCOCC1)c1cc(Cc2ccc(-n3cccn3)cc2)c2sccc2n1. The predicted octanol–water partition coefficient (Wildman–Crippen LogP) is 3.98. The van der Waals surface area contributed by atoms with Gasteiger partial charge in [-0.05, 0) is 66.1 Å². The van der Waals surface area contributed by atoms with Crippen molar-refractivity contribution in [2.45, 2.75) is 25.3 Å². The molecule has 4 heterocycles. The van der Waals surface area contributed by atoms with Crippen LogP contribution in [0.25, 0.3) is 15.9 Å². The molecule has 6 nitrogen and oxygen atoms in total. The van der Waals surface area contributed by atoms with Crippen LogP contribution < -0.4 is 5.32 Å². The molecule has 0 aliphatic carbocycles. The molecule has 0 saturated carbocycles. The summed E-state index contributed by atoms with van der Waals surface area (Å²) in [7, 11) is 0. The summed E-state index contributed by atoms with van der Waals surface area (Å²) in [5.41, 5.74) is 4.69. The monoisotopic (exact) mass is 418 g/mol. The maximum atomic E-state index is 12.8. The highest BCUT2D eigenvalue weighted by Crippen LogP contribution is 2.27. The van der Waals surface area contributed by atoms with E-state index in [0.29, 0.717) is 18.9 Å². The van der Waals surface area contributed by atoms with E-state index in [1.807, 2.05) is 34.5 Å². The van der Waals surface area contributed by atoms with Crippen LogP contribution in [-0.2, 0) is 11.2 Å². The Morgan fingerprint density at radius 2 is 2.03 bits per heavy atom. The Morgan fingerprint density at radius 3 is 2.80 bits per heavy atom. The highest BCUT2D eigenvalue weighted by atomic mass is 32.1. The van der Waals surface area contributed by atoms with Crippen molar-refractivity contribution in [3.63, 3.8) is 0 Å². The lowest BCUT2D eigenvalue weighted by Crippen LogP contribution is -2.39. The van der Waals surface area contributed by atoms with Crippen LogP contribution in [0, 0.1) is 0 Å². The van der Waals surface area contributed by atoms with E-state index in [1.54, 1.807) is 17.5 Å². The van der Waals surface area contributed by atoms with E-state index in [0.717, 1.165) is 40.7 Å². The van der Waals surface area contributed by atoms with Crippen LogP contribution in [0.2, 0.25) is 0 Å². The van der Waals surface area contributed by atoms with Gasteiger partial charge in [0, 0.05) is 31.6 Å². The van der Waals surface area contributed by atoms with Gasteiger partial charge in [-0.25, -0.2) is 9.67 Å². The van der Waals surface area contributed by atoms with Gasteiger partial charge in [-0.2, -0.15) is 5.10 Å². The maximum absolute atomic E-state index is 12.8. The molecule has 1 fully saturated rings. The summed E-state index contributed by atoms with van der Waals surface area (Å²) in [5.74, 6) is -0.106. The molecule has 0 bridgehead atoms. The molecule has 1 amide bonds. The van der Waals surface area contributed by atoms with Gasteiger partial charge in [-0.15, -0.1) is 11.3 Å². The fourth-order valence-corrected chi connectivity index (χ4v) is 4.63. The minimum Gasteiger partial charge on any atom is -0.381 e. The topological polar surface area (TPSA) is 69.0 Å². The van der Waals surface area contributed by atoms with Crippen molar-refractivity contribution in [2.24, 2.45) is 0 Å². The highest BCUT2D eigenvalue weighted by Gasteiger charge is 2.19. The van der Waals surface area contributed by atoms with Crippen molar-refractivity contribution in [1.29, 1.82) is 0 Å². The molecule has 0 unspecified atom stereocenters. The van der Waals surface area contributed by atoms with Gasteiger partial charge >= 0.3 is 0 Å². The first-order valence-corrected chi connectivity index (χ1v) is 11.0. The van der Waals surface area contributed by atoms with Crippen molar-refractivity contribution >= 4 is 27.5 Å². The number of hydrogen-bond acceptors (Lipinski definition) is 5. The zero-order chi connectivity index (χ0) is 20.3. The van der Waals surface area contributed by atoms with Crippen LogP contribution in [-0.4, -0.2) is 39.9 Å². The Balaban J connectivity index is 1.39. The number of nitrogens with one attached hydrogen (secondary N) is 1. The summed E-state index contributed by atoms with van der Waals surface area (Å²) in [5, 5.41) is 9.42. The van der Waals surface area contributed by atoms with Crippen LogP contribution in [0.1, 0.15) is 34.5 Å². The smallest absolute Gasteiger partial charge is 0.270 e. The molecule has 4 aromatic rings. The van der Waals surface area contributed by atoms with E-state index in [-0.39, 0.29) is 11.9 Å². The molecule has 7 heteroatoms. The summed E-state index contributed by atoms with van der Waals surface area (Å²) in [4.78, 5) is 17.4. The number of thiophene rings is 1. The van der Waals surface area contributed by atoms with Crippen LogP contribution in [0.3, 0.4) is 0 Å². The lowest BCUT2D eigenvalue weighted by Gasteiger charge is -2.23. The van der Waals surface area contributed by atoms with Crippen molar-refractivity contribution in [3.05, 3.63) is 77.1 Å². The quantitative estimate of drug-likeness (QED) is 0.532. The first kappa shape index (κ1) is 19.0. The van der Waals surface area contributed by atoms with E-state index >= 15 is 0 Å². The van der Waals surface area contributed by atoms with Gasteiger partial charge < -0.3 is 10.1 Å². The third-order valence-corrected chi connectivity index (χ3v) is 6.36. The number of rotatable bonds is 5. The summed E-state index contributed by atoms with van der Waals surface area (Å²) in [6.45, 7) is 1.39. The molecule has 0 atom stereocenters. The van der Waals surface area contributed by atoms with E-state index in [2.05, 4.69) is 39.7 Å². The van der Waals surface area contributed by atoms with Gasteiger partial charge in [0.05, 0.1) is 15.9 Å². The first-order valence-electron chi connectivity index (χ1n) is 10.1. The number of carbonyl (C=O) groups is 1. The zero-order valence-corrected chi connectivity index (χ0v) is 17.3. The molecule has 3 aromatic heterocycles. The number of nitrogens with zero attached hydrogens (tertiary/aromatic N) is 3. The fraction of sp³-hybridized carbons (Fsp3) is 0.261. The standard InChI is InChI=1S/C23H22N4O2S/c28-23(25-18-6-11-29-12-7-18)21-15-17(22-20(26-21)8-13-30-22)14-16-2-4-19(5-3-16)27-10-1-9-24-27/h1-5,8-10,13,15,18H,6-7,11-12,14H2,(H,25,28). The second-order valence-electron chi connectivity index (χ2n) is 7.46. The van der Waals surface area contributed by atoms with Gasteiger partial charge in [-0.3, -0.25) is 4.79 Å². The fourth-order valence-electron chi connectivity index (χ4n) is 3.78. The lowest BCUT2D eigenvalue weighted by atomic mass is 10.0. The Kier molecular flexibility index (Phi) is 5.29. The number of carbonyl (C=O) groups excluding carboxylic acids is 1. The number of benzene rings is 1. The molecule has 0 spiro atoms. The van der Waals surface area contributed by atoms with Gasteiger partial charge in [0.25, 0.3) is 5.91 Å². The maximum Gasteiger partial charge on any atom is 0.270 e. The molecule has 152 valence electrons. The molecule has 1 aromatic carbocycles. The summed E-state index contributed by atoms with van der Waals surface area (Å²) >= 11 is 1.67. The molecule has 1 saturated heterocycles. The van der Waals surface area contributed by atoms with Crippen molar-refractivity contribution < 1.29 is 9.53 Å². The molecule has 0 radical (unpaired) electrons. The first-order chi connectivity index (χ1) is 14.8. The van der Waals surface area contributed by atoms with Gasteiger partial charge in [0.15, 0.2) is 0 Å². The number of pyridine rings is 1. The summed E-state index contributed by atoms with van der Waals surface area (Å²) in [6, 6.07) is 14.3. The zero-order valence-electron chi connectivity index (χ0n) is 16.5. The molecular formula is C23H22N4O2S. The minimum absolute atomic E-state index is 0.106. The number of hydrogen-bond donors (Lipinski definition) is 1. The van der Waals surface area contributed by atoms with E-state index in [1.165, 1.54) is 5.56 Å². The molecule has 1 aliphatic rings. The average molecular weight is 419 g/mol. The Labute approximate surface area is 178 Å². The van der Waals surface area contributed by atoms with E-state index in [4.69, 9.17) is 4.74 Å². The third-order valence-electron chi connectivity index (χ3n) is 5.38. The Hall–Kier alpha value is -3.03. The van der Waals surface area contributed by atoms with Crippen LogP contribution in [0.5, 0.6) is 0 Å². The van der Waals surface area contributed by atoms with Crippen LogP contribution >= 0.6 is 11.3 Å². The van der Waals surface area contributed by atoms with Gasteiger partial charge in [-0.1, -0.05) is 12.1 Å². The van der Waals surface area contributed by atoms with Crippen molar-refractivity contribution in [2.75, 3.05) is 13.2 Å². The van der Waals surface area contributed by atoms with Gasteiger partial charge in [0.2, 0.25) is 0 Å². The van der Waals surface area contributed by atoms with Crippen LogP contribution in [0.15, 0.2) is 60.2 Å². The van der Waals surface area contributed by atoms with Crippen molar-refractivity contribution in [3.8, 4) is 5.69 Å². The second kappa shape index (κ2) is 8.38. The second-order valence-corrected chi connectivity index (χ2v) is 8.37. The molecular weight excluding hydrogens is 396 g/mol. The molecule has 1 aliphatic heterocycles. The van der Waals surface area contributed by atoms with E-state index < -0.39 is 0 Å². The highest BCUT2D eigenvalue weighted by molar-refractivity contribution is 7.17. The largest absolute Gasteiger partial charge is 0.381 e. The number of amides is 1. The Morgan fingerprint density at radius 1 is 1.20 bits per heavy atom. The third kappa shape index (κ3) is 3.99. The molecule has 5 rings (SSSR count). The normalized spacial score (nSPS) is 14.8. The van der Waals surface area contributed by atoms with Gasteiger partial charge in [0.1, 0.15) is 5.69 Å². The molecule has 1 N–H and O–H groups in total. The minimum atomic E-state index is -0.106. The number of aromatic nitrogens is 3. The average Bonchev–Trinajstić information content (AvgIpc) is 3.47. The number of fused-ring (bicyclic) bond motifs is 1. The van der Waals surface area contributed by atoms with Crippen LogP contribution in [0.4, 0.5) is 0 Å². The summed E-state index contributed by atoms with van der Waals surface area (Å²) in [6.07, 6.45) is 6.14. The van der Waals surface area contributed by atoms with Crippen molar-refractivity contribution in [1.82, 2.24) is 20.1 Å². The van der Waals surface area contributed by atoms with E-state index in [9.17, 15) is 4.79 Å².